The molecule has 5 fully saturated rings. The molecule has 1 N–H and O–H groups in total. The van der Waals surface area contributed by atoms with Gasteiger partial charge >= 0.3 is 0 Å². The van der Waals surface area contributed by atoms with Crippen LogP contribution in [0.1, 0.15) is 45.4 Å². The van der Waals surface area contributed by atoms with E-state index >= 15 is 0 Å². The molecule has 3 nitrogen and oxygen atoms in total. The Labute approximate surface area is 103 Å². The van der Waals surface area contributed by atoms with E-state index in [0.717, 1.165) is 24.4 Å². The molecule has 0 spiro atoms. The van der Waals surface area contributed by atoms with Gasteiger partial charge in [-0.15, -0.1) is 0 Å². The molecule has 1 saturated heterocycles. The van der Waals surface area contributed by atoms with Gasteiger partial charge < -0.3 is 4.90 Å². The Morgan fingerprint density at radius 2 is 1.65 bits per heavy atom. The number of hydrogen-bond acceptors (Lipinski definition) is 2. The quantitative estimate of drug-likeness (QED) is 0.749. The molecule has 0 aromatic rings. The third kappa shape index (κ3) is 1.35. The minimum atomic E-state index is 0.0444. The van der Waals surface area contributed by atoms with Crippen LogP contribution in [-0.2, 0) is 4.79 Å². The summed E-state index contributed by atoms with van der Waals surface area (Å²) in [6, 6.07) is 0.0444. The summed E-state index contributed by atoms with van der Waals surface area (Å²) >= 11 is 0. The summed E-state index contributed by atoms with van der Waals surface area (Å²) in [6.07, 6.45) is 8.22. The second-order valence-electron chi connectivity index (χ2n) is 6.99. The zero-order valence-corrected chi connectivity index (χ0v) is 10.6. The van der Waals surface area contributed by atoms with Gasteiger partial charge in [-0.1, -0.05) is 0 Å². The number of carbonyl (C=O) groups is 1. The summed E-state index contributed by atoms with van der Waals surface area (Å²) in [5.74, 6) is 3.12. The van der Waals surface area contributed by atoms with Crippen LogP contribution in [0.2, 0.25) is 0 Å². The normalized spacial score (nSPS) is 52.5. The first kappa shape index (κ1) is 10.4. The molecule has 0 aromatic carbocycles. The summed E-state index contributed by atoms with van der Waals surface area (Å²) in [5.41, 5.74) is 0.254. The summed E-state index contributed by atoms with van der Waals surface area (Å²) in [4.78, 5) is 14.5. The van der Waals surface area contributed by atoms with Gasteiger partial charge in [0.25, 0.3) is 0 Å². The fraction of sp³-hybridized carbons (Fsp3) is 0.929. The predicted octanol–water partition coefficient (Wildman–Crippen LogP) is 1.73. The summed E-state index contributed by atoms with van der Waals surface area (Å²) in [5, 5.41) is 3.32. The van der Waals surface area contributed by atoms with E-state index in [4.69, 9.17) is 0 Å². The highest BCUT2D eigenvalue weighted by molar-refractivity contribution is 5.84. The van der Waals surface area contributed by atoms with Gasteiger partial charge in [-0.3, -0.25) is 10.1 Å². The highest BCUT2D eigenvalue weighted by atomic mass is 16.2. The lowest BCUT2D eigenvalue weighted by Crippen LogP contribution is -2.60. The second-order valence-corrected chi connectivity index (χ2v) is 6.99. The molecule has 94 valence electrons. The van der Waals surface area contributed by atoms with E-state index < -0.39 is 0 Å². The van der Waals surface area contributed by atoms with Crippen molar-refractivity contribution in [2.75, 3.05) is 6.67 Å². The highest BCUT2D eigenvalue weighted by Crippen LogP contribution is 2.58. The molecule has 3 heteroatoms. The lowest BCUT2D eigenvalue weighted by molar-refractivity contribution is -0.145. The first-order valence-electron chi connectivity index (χ1n) is 7.21. The molecule has 4 aliphatic carbocycles. The maximum absolute atomic E-state index is 12.3. The monoisotopic (exact) mass is 234 g/mol. The van der Waals surface area contributed by atoms with Crippen molar-refractivity contribution >= 4 is 5.91 Å². The minimum Gasteiger partial charge on any atom is -0.323 e. The third-order valence-electron chi connectivity index (χ3n) is 5.77. The van der Waals surface area contributed by atoms with E-state index in [1.807, 2.05) is 6.92 Å². The number of carbonyl (C=O) groups excluding carboxylic acids is 1. The van der Waals surface area contributed by atoms with E-state index in [1.165, 1.54) is 38.5 Å². The Hall–Kier alpha value is -0.570. The van der Waals surface area contributed by atoms with Crippen molar-refractivity contribution in [3.63, 3.8) is 0 Å². The number of nitrogens with one attached hydrogen (secondary N) is 1. The first-order chi connectivity index (χ1) is 8.16. The fourth-order valence-electron chi connectivity index (χ4n) is 5.42. The van der Waals surface area contributed by atoms with Crippen LogP contribution in [0.25, 0.3) is 0 Å². The number of rotatable bonds is 1. The van der Waals surface area contributed by atoms with Gasteiger partial charge in [0.2, 0.25) is 5.91 Å². The molecule has 0 radical (unpaired) electrons. The van der Waals surface area contributed by atoms with Gasteiger partial charge in [-0.05, 0) is 63.2 Å². The summed E-state index contributed by atoms with van der Waals surface area (Å²) in [6.45, 7) is 2.80. The molecule has 5 aliphatic rings. The van der Waals surface area contributed by atoms with E-state index in [2.05, 4.69) is 10.2 Å². The average Bonchev–Trinajstić information content (AvgIpc) is 2.58. The summed E-state index contributed by atoms with van der Waals surface area (Å²) in [7, 11) is 0. The van der Waals surface area contributed by atoms with Crippen LogP contribution in [0.4, 0.5) is 0 Å². The molecule has 1 unspecified atom stereocenters. The molecule has 4 saturated carbocycles. The van der Waals surface area contributed by atoms with Crippen LogP contribution < -0.4 is 5.32 Å². The van der Waals surface area contributed by atoms with Crippen LogP contribution in [-0.4, -0.2) is 29.1 Å². The van der Waals surface area contributed by atoms with Gasteiger partial charge in [0.15, 0.2) is 0 Å². The molecule has 0 aromatic heterocycles. The lowest BCUT2D eigenvalue weighted by Gasteiger charge is -2.59. The number of hydrogen-bond donors (Lipinski definition) is 1. The van der Waals surface area contributed by atoms with Crippen molar-refractivity contribution in [1.82, 2.24) is 10.2 Å². The molecule has 1 amide bonds. The van der Waals surface area contributed by atoms with E-state index in [9.17, 15) is 4.79 Å². The van der Waals surface area contributed by atoms with Gasteiger partial charge in [0, 0.05) is 5.54 Å². The Bertz CT molecular complexity index is 330. The van der Waals surface area contributed by atoms with Crippen molar-refractivity contribution in [2.45, 2.75) is 57.0 Å². The minimum absolute atomic E-state index is 0.0444. The first-order valence-corrected chi connectivity index (χ1v) is 7.21. The van der Waals surface area contributed by atoms with Gasteiger partial charge in [-0.2, -0.15) is 0 Å². The Balaban J connectivity index is 1.66. The molecule has 4 bridgehead atoms. The Kier molecular flexibility index (Phi) is 1.98. The second kappa shape index (κ2) is 3.25. The predicted molar refractivity (Wildman–Crippen MR) is 65.2 cm³/mol. The highest BCUT2D eigenvalue weighted by Gasteiger charge is 2.55. The third-order valence-corrected chi connectivity index (χ3v) is 5.77. The molecule has 1 heterocycles. The molecular weight excluding hydrogens is 212 g/mol. The SMILES string of the molecule is CC1NCN(C23CC4CC(CC(C4)C2)C3)C1=O. The van der Waals surface area contributed by atoms with E-state index in [-0.39, 0.29) is 11.6 Å². The van der Waals surface area contributed by atoms with Crippen LogP contribution in [0.3, 0.4) is 0 Å². The zero-order chi connectivity index (χ0) is 11.6. The van der Waals surface area contributed by atoms with Crippen LogP contribution in [0.5, 0.6) is 0 Å². The van der Waals surface area contributed by atoms with Crippen molar-refractivity contribution in [3.8, 4) is 0 Å². The Morgan fingerprint density at radius 3 is 2.06 bits per heavy atom. The maximum Gasteiger partial charge on any atom is 0.240 e. The van der Waals surface area contributed by atoms with E-state index in [0.29, 0.717) is 5.91 Å². The fourth-order valence-corrected chi connectivity index (χ4v) is 5.42. The van der Waals surface area contributed by atoms with Gasteiger partial charge in [0.05, 0.1) is 12.7 Å². The van der Waals surface area contributed by atoms with Crippen molar-refractivity contribution < 1.29 is 4.79 Å². The smallest absolute Gasteiger partial charge is 0.240 e. The van der Waals surface area contributed by atoms with Crippen molar-refractivity contribution in [2.24, 2.45) is 17.8 Å². The van der Waals surface area contributed by atoms with Gasteiger partial charge in [0.1, 0.15) is 0 Å². The van der Waals surface area contributed by atoms with Crippen LogP contribution in [0.15, 0.2) is 0 Å². The topological polar surface area (TPSA) is 32.3 Å². The number of amides is 1. The zero-order valence-electron chi connectivity index (χ0n) is 10.6. The van der Waals surface area contributed by atoms with Crippen LogP contribution in [0, 0.1) is 17.8 Å². The maximum atomic E-state index is 12.3. The molecular formula is C14H22N2O. The molecule has 1 aliphatic heterocycles. The average molecular weight is 234 g/mol. The number of nitrogens with zero attached hydrogens (tertiary/aromatic N) is 1. The molecule has 1 atom stereocenters. The lowest BCUT2D eigenvalue weighted by atomic mass is 9.52. The largest absolute Gasteiger partial charge is 0.323 e. The standard InChI is InChI=1S/C14H22N2O/c1-9-13(17)16(8-15-9)14-5-10-2-11(6-14)4-12(3-10)7-14/h9-12,15H,2-8H2,1H3. The van der Waals surface area contributed by atoms with Crippen molar-refractivity contribution in [1.29, 1.82) is 0 Å². The van der Waals surface area contributed by atoms with E-state index in [1.54, 1.807) is 0 Å². The molecule has 17 heavy (non-hydrogen) atoms. The van der Waals surface area contributed by atoms with Crippen molar-refractivity contribution in [3.05, 3.63) is 0 Å². The molecule has 5 rings (SSSR count). The van der Waals surface area contributed by atoms with Gasteiger partial charge in [-0.25, -0.2) is 0 Å². The summed E-state index contributed by atoms with van der Waals surface area (Å²) < 4.78 is 0. The van der Waals surface area contributed by atoms with Crippen LogP contribution >= 0.6 is 0 Å². The Morgan fingerprint density at radius 1 is 1.12 bits per heavy atom.